The average Bonchev–Trinajstić information content (AvgIpc) is 3.13. The lowest BCUT2D eigenvalue weighted by Gasteiger charge is -2.42. The van der Waals surface area contributed by atoms with Crippen LogP contribution in [0.25, 0.3) is 0 Å². The lowest BCUT2D eigenvalue weighted by atomic mass is 9.79. The molecule has 0 aliphatic carbocycles. The molecule has 6 nitrogen and oxygen atoms in total. The first kappa shape index (κ1) is 16.6. The maximum atomic E-state index is 12.5. The standard InChI is InChI=1S/C18H22N2O4S/c21-25(22)17-4-2-1-3-16(17)24-14-18(13-19-25)6-8-20(9-7-18)11-15-5-10-23-12-15/h1-5,10,12,19H,6-9,11,13-14H2. The first-order chi connectivity index (χ1) is 12.1. The fraction of sp³-hybridized carbons (Fsp3) is 0.444. The molecular formula is C18H22N2O4S. The number of para-hydroxylation sites is 1. The predicted molar refractivity (Wildman–Crippen MR) is 92.8 cm³/mol. The monoisotopic (exact) mass is 362 g/mol. The summed E-state index contributed by atoms with van der Waals surface area (Å²) >= 11 is 0. The van der Waals surface area contributed by atoms with Gasteiger partial charge >= 0.3 is 0 Å². The summed E-state index contributed by atoms with van der Waals surface area (Å²) in [7, 11) is -3.53. The van der Waals surface area contributed by atoms with Crippen molar-refractivity contribution in [2.45, 2.75) is 24.3 Å². The third-order valence-corrected chi connectivity index (χ3v) is 6.65. The van der Waals surface area contributed by atoms with E-state index in [1.807, 2.05) is 6.07 Å². The molecule has 0 unspecified atom stereocenters. The highest BCUT2D eigenvalue weighted by Gasteiger charge is 2.38. The zero-order valence-corrected chi connectivity index (χ0v) is 14.8. The second-order valence-corrected chi connectivity index (χ2v) is 8.70. The summed E-state index contributed by atoms with van der Waals surface area (Å²) in [4.78, 5) is 2.60. The summed E-state index contributed by atoms with van der Waals surface area (Å²) in [6.07, 6.45) is 5.26. The molecule has 1 aromatic carbocycles. The van der Waals surface area contributed by atoms with Gasteiger partial charge in [-0.15, -0.1) is 0 Å². The fourth-order valence-corrected chi connectivity index (χ4v) is 4.85. The van der Waals surface area contributed by atoms with Crippen molar-refractivity contribution in [3.8, 4) is 5.75 Å². The summed E-state index contributed by atoms with van der Waals surface area (Å²) in [5.41, 5.74) is 1.01. The molecule has 134 valence electrons. The molecule has 1 N–H and O–H groups in total. The molecule has 7 heteroatoms. The number of fused-ring (bicyclic) bond motifs is 1. The van der Waals surface area contributed by atoms with Crippen LogP contribution in [0.3, 0.4) is 0 Å². The number of likely N-dealkylation sites (tertiary alicyclic amines) is 1. The van der Waals surface area contributed by atoms with Crippen LogP contribution in [0, 0.1) is 5.41 Å². The molecule has 0 saturated carbocycles. The summed E-state index contributed by atoms with van der Waals surface area (Å²) in [5, 5.41) is 0. The van der Waals surface area contributed by atoms with E-state index in [-0.39, 0.29) is 10.3 Å². The van der Waals surface area contributed by atoms with E-state index in [0.29, 0.717) is 18.9 Å². The van der Waals surface area contributed by atoms with Gasteiger partial charge in [0.05, 0.1) is 19.1 Å². The number of furan rings is 1. The molecule has 0 amide bonds. The maximum Gasteiger partial charge on any atom is 0.244 e. The molecule has 1 saturated heterocycles. The Kier molecular flexibility index (Phi) is 4.31. The Bertz CT molecular complexity index is 825. The summed E-state index contributed by atoms with van der Waals surface area (Å²) in [6.45, 7) is 3.65. The average molecular weight is 362 g/mol. The van der Waals surface area contributed by atoms with Crippen LogP contribution in [0.4, 0.5) is 0 Å². The molecule has 1 fully saturated rings. The predicted octanol–water partition coefficient (Wildman–Crippen LogP) is 2.23. The molecule has 1 aromatic heterocycles. The highest BCUT2D eigenvalue weighted by Crippen LogP contribution is 2.36. The second kappa shape index (κ2) is 6.48. The van der Waals surface area contributed by atoms with Crippen molar-refractivity contribution in [1.29, 1.82) is 0 Å². The number of benzene rings is 1. The van der Waals surface area contributed by atoms with Crippen molar-refractivity contribution in [3.63, 3.8) is 0 Å². The minimum atomic E-state index is -3.53. The normalized spacial score (nSPS) is 22.6. The molecule has 25 heavy (non-hydrogen) atoms. The van der Waals surface area contributed by atoms with Crippen LogP contribution >= 0.6 is 0 Å². The first-order valence-corrected chi connectivity index (χ1v) is 10.00. The van der Waals surface area contributed by atoms with Crippen LogP contribution in [0.2, 0.25) is 0 Å². The van der Waals surface area contributed by atoms with Crippen molar-refractivity contribution >= 4 is 10.0 Å². The Hall–Kier alpha value is -1.83. The number of hydrogen-bond donors (Lipinski definition) is 1. The van der Waals surface area contributed by atoms with Crippen LogP contribution in [-0.4, -0.2) is 39.6 Å². The van der Waals surface area contributed by atoms with Gasteiger partial charge in [-0.05, 0) is 44.1 Å². The van der Waals surface area contributed by atoms with Gasteiger partial charge in [-0.2, -0.15) is 0 Å². The third kappa shape index (κ3) is 3.44. The van der Waals surface area contributed by atoms with Crippen LogP contribution < -0.4 is 9.46 Å². The van der Waals surface area contributed by atoms with Crippen molar-refractivity contribution in [3.05, 3.63) is 48.4 Å². The summed E-state index contributed by atoms with van der Waals surface area (Å²) in [6, 6.07) is 8.81. The van der Waals surface area contributed by atoms with E-state index >= 15 is 0 Å². The number of piperidine rings is 1. The quantitative estimate of drug-likeness (QED) is 0.887. The summed E-state index contributed by atoms with van der Waals surface area (Å²) < 4.78 is 38.9. The topological polar surface area (TPSA) is 71.8 Å². The number of hydrogen-bond acceptors (Lipinski definition) is 5. The smallest absolute Gasteiger partial charge is 0.244 e. The Morgan fingerprint density at radius 3 is 2.72 bits per heavy atom. The van der Waals surface area contributed by atoms with Crippen molar-refractivity contribution in [1.82, 2.24) is 9.62 Å². The van der Waals surface area contributed by atoms with Gasteiger partial charge in [0.25, 0.3) is 0 Å². The Labute approximate surface area is 147 Å². The van der Waals surface area contributed by atoms with Crippen LogP contribution in [0.5, 0.6) is 5.75 Å². The van der Waals surface area contributed by atoms with E-state index in [1.54, 1.807) is 36.8 Å². The maximum absolute atomic E-state index is 12.5. The van der Waals surface area contributed by atoms with Crippen molar-refractivity contribution in [2.24, 2.45) is 5.41 Å². The minimum Gasteiger partial charge on any atom is -0.492 e. The molecule has 2 aliphatic heterocycles. The summed E-state index contributed by atoms with van der Waals surface area (Å²) in [5.74, 6) is 0.440. The highest BCUT2D eigenvalue weighted by molar-refractivity contribution is 7.89. The number of nitrogens with one attached hydrogen (secondary N) is 1. The fourth-order valence-electron chi connectivity index (χ4n) is 3.55. The van der Waals surface area contributed by atoms with Crippen LogP contribution in [-0.2, 0) is 16.6 Å². The van der Waals surface area contributed by atoms with Crippen molar-refractivity contribution < 1.29 is 17.6 Å². The molecule has 0 atom stereocenters. The number of rotatable bonds is 2. The molecule has 1 spiro atoms. The SMILES string of the molecule is O=S1(=O)NCC2(CCN(Cc3ccoc3)CC2)COc2ccccc21. The zero-order chi connectivity index (χ0) is 17.3. The molecule has 4 rings (SSSR count). The van der Waals surface area contributed by atoms with Gasteiger partial charge in [0, 0.05) is 24.1 Å². The van der Waals surface area contributed by atoms with E-state index in [1.165, 1.54) is 5.56 Å². The molecule has 2 aliphatic rings. The molecular weight excluding hydrogens is 340 g/mol. The van der Waals surface area contributed by atoms with Gasteiger partial charge in [-0.1, -0.05) is 12.1 Å². The Morgan fingerprint density at radius 2 is 1.96 bits per heavy atom. The van der Waals surface area contributed by atoms with E-state index in [2.05, 4.69) is 9.62 Å². The van der Waals surface area contributed by atoms with Gasteiger partial charge in [0.15, 0.2) is 0 Å². The van der Waals surface area contributed by atoms with Gasteiger partial charge in [-0.3, -0.25) is 4.90 Å². The van der Waals surface area contributed by atoms with E-state index in [0.717, 1.165) is 32.5 Å². The van der Waals surface area contributed by atoms with E-state index in [4.69, 9.17) is 9.15 Å². The van der Waals surface area contributed by atoms with Gasteiger partial charge in [0.1, 0.15) is 10.6 Å². The van der Waals surface area contributed by atoms with Gasteiger partial charge in [-0.25, -0.2) is 13.1 Å². The Balaban J connectivity index is 1.47. The first-order valence-electron chi connectivity index (χ1n) is 8.51. The largest absolute Gasteiger partial charge is 0.492 e. The third-order valence-electron chi connectivity index (χ3n) is 5.21. The molecule has 0 radical (unpaired) electrons. The highest BCUT2D eigenvalue weighted by atomic mass is 32.2. The van der Waals surface area contributed by atoms with Crippen LogP contribution in [0.15, 0.2) is 52.2 Å². The molecule has 0 bridgehead atoms. The Morgan fingerprint density at radius 1 is 1.16 bits per heavy atom. The minimum absolute atomic E-state index is 0.159. The van der Waals surface area contributed by atoms with Gasteiger partial charge < -0.3 is 9.15 Å². The van der Waals surface area contributed by atoms with Crippen LogP contribution in [0.1, 0.15) is 18.4 Å². The molecule has 2 aromatic rings. The lowest BCUT2D eigenvalue weighted by molar-refractivity contribution is 0.0522. The zero-order valence-electron chi connectivity index (χ0n) is 14.0. The number of ether oxygens (including phenoxy) is 1. The second-order valence-electron chi connectivity index (χ2n) is 6.97. The lowest BCUT2D eigenvalue weighted by Crippen LogP contribution is -2.49. The number of sulfonamides is 1. The number of nitrogens with zero attached hydrogens (tertiary/aromatic N) is 1. The van der Waals surface area contributed by atoms with Gasteiger partial charge in [0.2, 0.25) is 10.0 Å². The van der Waals surface area contributed by atoms with E-state index in [9.17, 15) is 8.42 Å². The van der Waals surface area contributed by atoms with E-state index < -0.39 is 10.0 Å². The molecule has 3 heterocycles. The van der Waals surface area contributed by atoms with Crippen molar-refractivity contribution in [2.75, 3.05) is 26.2 Å².